The summed E-state index contributed by atoms with van der Waals surface area (Å²) in [6, 6.07) is 9.63. The zero-order valence-corrected chi connectivity index (χ0v) is 11.2. The van der Waals surface area contributed by atoms with Crippen LogP contribution in [0.25, 0.3) is 0 Å². The molecule has 98 valence electrons. The fourth-order valence-electron chi connectivity index (χ4n) is 1.65. The lowest BCUT2D eigenvalue weighted by Crippen LogP contribution is -2.08. The molecule has 0 saturated carbocycles. The van der Waals surface area contributed by atoms with Gasteiger partial charge in [-0.1, -0.05) is 22.0 Å². The number of hydrogen-bond donors (Lipinski definition) is 3. The Labute approximate surface area is 117 Å². The number of nitrogens with two attached hydrogens (primary N) is 1. The lowest BCUT2D eigenvalue weighted by Gasteiger charge is -2.12. The summed E-state index contributed by atoms with van der Waals surface area (Å²) in [5.74, 6) is -2.04. The maximum atomic E-state index is 13.3. The number of hydrogen-bond acceptors (Lipinski definition) is 3. The van der Waals surface area contributed by atoms with Gasteiger partial charge in [-0.2, -0.15) is 0 Å². The quantitative estimate of drug-likeness (QED) is 0.754. The average Bonchev–Trinajstić information content (AvgIpc) is 2.33. The van der Waals surface area contributed by atoms with Crippen LogP contribution >= 0.6 is 15.9 Å². The molecule has 19 heavy (non-hydrogen) atoms. The van der Waals surface area contributed by atoms with Crippen LogP contribution in [0.2, 0.25) is 0 Å². The third kappa shape index (κ3) is 2.85. The molecule has 0 heterocycles. The molecule has 0 unspecified atom stereocenters. The number of rotatable bonds is 3. The number of aromatic carboxylic acids is 1. The summed E-state index contributed by atoms with van der Waals surface area (Å²) in [7, 11) is 0. The third-order valence-electron chi connectivity index (χ3n) is 2.51. The molecule has 0 spiro atoms. The maximum Gasteiger partial charge on any atom is 0.340 e. The van der Waals surface area contributed by atoms with Crippen LogP contribution in [0.1, 0.15) is 10.4 Å². The first-order valence-electron chi connectivity index (χ1n) is 5.33. The number of anilines is 3. The highest BCUT2D eigenvalue weighted by Crippen LogP contribution is 2.28. The van der Waals surface area contributed by atoms with Crippen molar-refractivity contribution in [3.63, 3.8) is 0 Å². The first-order valence-corrected chi connectivity index (χ1v) is 6.12. The van der Waals surface area contributed by atoms with Crippen molar-refractivity contribution in [1.29, 1.82) is 0 Å². The molecular weight excluding hydrogens is 315 g/mol. The van der Waals surface area contributed by atoms with Gasteiger partial charge < -0.3 is 16.2 Å². The molecule has 2 rings (SSSR count). The molecule has 6 heteroatoms. The smallest absolute Gasteiger partial charge is 0.340 e. The molecule has 0 aromatic heterocycles. The van der Waals surface area contributed by atoms with E-state index in [0.717, 1.165) is 10.5 Å². The molecule has 0 aliphatic rings. The van der Waals surface area contributed by atoms with Gasteiger partial charge in [0, 0.05) is 10.2 Å². The lowest BCUT2D eigenvalue weighted by atomic mass is 10.1. The van der Waals surface area contributed by atoms with Crippen LogP contribution < -0.4 is 11.1 Å². The Bertz CT molecular complexity index is 647. The summed E-state index contributed by atoms with van der Waals surface area (Å²) in [6.45, 7) is 0. The van der Waals surface area contributed by atoms with E-state index in [1.54, 1.807) is 18.2 Å². The summed E-state index contributed by atoms with van der Waals surface area (Å²) in [6.07, 6.45) is 0. The van der Waals surface area contributed by atoms with Crippen LogP contribution in [0.15, 0.2) is 40.9 Å². The van der Waals surface area contributed by atoms with Gasteiger partial charge in [0.1, 0.15) is 11.4 Å². The van der Waals surface area contributed by atoms with Crippen molar-refractivity contribution in [2.75, 3.05) is 11.1 Å². The van der Waals surface area contributed by atoms with Gasteiger partial charge >= 0.3 is 5.97 Å². The Morgan fingerprint density at radius 2 is 2.05 bits per heavy atom. The second-order valence-corrected chi connectivity index (χ2v) is 4.74. The second-order valence-electron chi connectivity index (χ2n) is 3.82. The maximum absolute atomic E-state index is 13.3. The fourth-order valence-corrected chi connectivity index (χ4v) is 2.05. The zero-order valence-electron chi connectivity index (χ0n) is 9.65. The highest BCUT2D eigenvalue weighted by Gasteiger charge is 2.17. The minimum absolute atomic E-state index is 0.240. The molecular formula is C13H10BrFN2O2. The van der Waals surface area contributed by atoms with Crippen molar-refractivity contribution in [1.82, 2.24) is 0 Å². The average molecular weight is 325 g/mol. The number of carboxylic acid groups (broad SMARTS) is 1. The molecule has 0 aliphatic carbocycles. The minimum Gasteiger partial charge on any atom is -0.478 e. The van der Waals surface area contributed by atoms with E-state index in [0.29, 0.717) is 5.69 Å². The van der Waals surface area contributed by atoms with Gasteiger partial charge in [0.15, 0.2) is 0 Å². The highest BCUT2D eigenvalue weighted by molar-refractivity contribution is 9.10. The van der Waals surface area contributed by atoms with Crippen LogP contribution in [0, 0.1) is 5.82 Å². The molecule has 0 amide bonds. The number of carboxylic acids is 1. The lowest BCUT2D eigenvalue weighted by molar-refractivity contribution is 0.0698. The summed E-state index contributed by atoms with van der Waals surface area (Å²) >= 11 is 3.31. The molecule has 0 saturated heterocycles. The third-order valence-corrected chi connectivity index (χ3v) is 3.00. The second kappa shape index (κ2) is 5.27. The fraction of sp³-hybridized carbons (Fsp3) is 0. The van der Waals surface area contributed by atoms with E-state index in [1.807, 2.05) is 6.07 Å². The number of benzene rings is 2. The molecule has 4 nitrogen and oxygen atoms in total. The van der Waals surface area contributed by atoms with Crippen LogP contribution in [0.4, 0.5) is 21.5 Å². The monoisotopic (exact) mass is 324 g/mol. The van der Waals surface area contributed by atoms with E-state index in [4.69, 9.17) is 10.8 Å². The summed E-state index contributed by atoms with van der Waals surface area (Å²) in [5.41, 5.74) is 5.71. The zero-order chi connectivity index (χ0) is 14.0. The van der Waals surface area contributed by atoms with E-state index in [1.165, 1.54) is 6.07 Å². The standard InChI is InChI=1S/C13H10BrFN2O2/c14-7-2-1-3-8(6-7)17-10-5-4-9(15)12(16)11(10)13(18)19/h1-6,17H,16H2,(H,18,19). The first kappa shape index (κ1) is 13.4. The van der Waals surface area contributed by atoms with E-state index < -0.39 is 11.8 Å². The van der Waals surface area contributed by atoms with Crippen LogP contribution in [0.3, 0.4) is 0 Å². The Kier molecular flexibility index (Phi) is 3.71. The van der Waals surface area contributed by atoms with E-state index in [2.05, 4.69) is 21.2 Å². The Balaban J connectivity index is 2.46. The number of carbonyl (C=O) groups is 1. The van der Waals surface area contributed by atoms with E-state index >= 15 is 0 Å². The van der Waals surface area contributed by atoms with Crippen molar-refractivity contribution in [2.45, 2.75) is 0 Å². The van der Waals surface area contributed by atoms with Gasteiger partial charge in [0.25, 0.3) is 0 Å². The highest BCUT2D eigenvalue weighted by atomic mass is 79.9. The molecule has 0 aliphatic heterocycles. The molecule has 0 atom stereocenters. The largest absolute Gasteiger partial charge is 0.478 e. The SMILES string of the molecule is Nc1c(F)ccc(Nc2cccc(Br)c2)c1C(=O)O. The number of nitrogen functional groups attached to an aromatic ring is 1. The van der Waals surface area contributed by atoms with Gasteiger partial charge in [0.05, 0.1) is 11.4 Å². The van der Waals surface area contributed by atoms with Gasteiger partial charge in [0.2, 0.25) is 0 Å². The first-order chi connectivity index (χ1) is 8.99. The molecule has 2 aromatic rings. The normalized spacial score (nSPS) is 10.2. The van der Waals surface area contributed by atoms with E-state index in [9.17, 15) is 9.18 Å². The van der Waals surface area contributed by atoms with Crippen molar-refractivity contribution in [3.05, 3.63) is 52.3 Å². The van der Waals surface area contributed by atoms with Crippen molar-refractivity contribution in [3.8, 4) is 0 Å². The summed E-state index contributed by atoms with van der Waals surface area (Å²) in [4.78, 5) is 11.2. The minimum atomic E-state index is -1.28. The summed E-state index contributed by atoms with van der Waals surface area (Å²) < 4.78 is 14.1. The Morgan fingerprint density at radius 1 is 1.32 bits per heavy atom. The van der Waals surface area contributed by atoms with Crippen molar-refractivity contribution >= 4 is 39.0 Å². The topological polar surface area (TPSA) is 75.3 Å². The molecule has 0 bridgehead atoms. The van der Waals surface area contributed by atoms with Crippen LogP contribution in [-0.2, 0) is 0 Å². The van der Waals surface area contributed by atoms with Gasteiger partial charge in [-0.05, 0) is 30.3 Å². The van der Waals surface area contributed by atoms with Crippen molar-refractivity contribution in [2.24, 2.45) is 0 Å². The molecule has 0 fully saturated rings. The van der Waals surface area contributed by atoms with Crippen LogP contribution in [0.5, 0.6) is 0 Å². The number of nitrogens with one attached hydrogen (secondary N) is 1. The molecule has 0 radical (unpaired) electrons. The van der Waals surface area contributed by atoms with Crippen molar-refractivity contribution < 1.29 is 14.3 Å². The summed E-state index contributed by atoms with van der Waals surface area (Å²) in [5, 5.41) is 12.0. The van der Waals surface area contributed by atoms with Gasteiger partial charge in [-0.3, -0.25) is 0 Å². The molecule has 4 N–H and O–H groups in total. The predicted octanol–water partition coefficient (Wildman–Crippen LogP) is 3.61. The van der Waals surface area contributed by atoms with Gasteiger partial charge in [-0.15, -0.1) is 0 Å². The molecule has 2 aromatic carbocycles. The Morgan fingerprint density at radius 3 is 2.68 bits per heavy atom. The Hall–Kier alpha value is -2.08. The number of halogens is 2. The van der Waals surface area contributed by atoms with E-state index in [-0.39, 0.29) is 16.9 Å². The van der Waals surface area contributed by atoms with Gasteiger partial charge in [-0.25, -0.2) is 9.18 Å². The van der Waals surface area contributed by atoms with Crippen LogP contribution in [-0.4, -0.2) is 11.1 Å². The predicted molar refractivity (Wildman–Crippen MR) is 75.2 cm³/mol.